The summed E-state index contributed by atoms with van der Waals surface area (Å²) in [5.74, 6) is 0.946. The third-order valence-corrected chi connectivity index (χ3v) is 7.55. The Hall–Kier alpha value is -2.65. The number of amides is 1. The number of thiophene rings is 1. The molecule has 1 unspecified atom stereocenters. The second-order valence-electron chi connectivity index (χ2n) is 6.89. The van der Waals surface area contributed by atoms with E-state index in [1.165, 1.54) is 11.3 Å². The molecule has 1 aliphatic heterocycles. The van der Waals surface area contributed by atoms with E-state index in [4.69, 9.17) is 9.26 Å². The third kappa shape index (κ3) is 4.35. The lowest BCUT2D eigenvalue weighted by Crippen LogP contribution is -2.40. The summed E-state index contributed by atoms with van der Waals surface area (Å²) in [6.45, 7) is 0.282. The summed E-state index contributed by atoms with van der Waals surface area (Å²) < 4.78 is 34.5. The van der Waals surface area contributed by atoms with Crippen molar-refractivity contribution >= 4 is 27.1 Å². The first-order valence-electron chi connectivity index (χ1n) is 9.10. The van der Waals surface area contributed by atoms with E-state index in [-0.39, 0.29) is 29.7 Å². The molecular weight excluding hydrogens is 412 g/mol. The van der Waals surface area contributed by atoms with Gasteiger partial charge in [0.1, 0.15) is 5.75 Å². The van der Waals surface area contributed by atoms with Crippen LogP contribution in [0.2, 0.25) is 0 Å². The fourth-order valence-electron chi connectivity index (χ4n) is 3.37. The Kier molecular flexibility index (Phi) is 5.42. The van der Waals surface area contributed by atoms with E-state index >= 15 is 0 Å². The summed E-state index contributed by atoms with van der Waals surface area (Å²) in [7, 11) is -1.56. The number of sulfone groups is 1. The molecule has 1 fully saturated rings. The van der Waals surface area contributed by atoms with Gasteiger partial charge in [0.25, 0.3) is 5.91 Å². The molecule has 0 bridgehead atoms. The van der Waals surface area contributed by atoms with Crippen LogP contribution in [0.3, 0.4) is 0 Å². The summed E-state index contributed by atoms with van der Waals surface area (Å²) in [6.07, 6.45) is 0.417. The van der Waals surface area contributed by atoms with Crippen LogP contribution in [0, 0.1) is 0 Å². The van der Waals surface area contributed by atoms with Gasteiger partial charge in [-0.3, -0.25) is 4.79 Å². The van der Waals surface area contributed by atoms with E-state index in [9.17, 15) is 13.2 Å². The van der Waals surface area contributed by atoms with Gasteiger partial charge < -0.3 is 14.2 Å². The van der Waals surface area contributed by atoms with Gasteiger partial charge in [-0.05, 0) is 35.6 Å². The highest BCUT2D eigenvalue weighted by Crippen LogP contribution is 2.27. The highest BCUT2D eigenvalue weighted by atomic mass is 32.2. The van der Waals surface area contributed by atoms with E-state index in [1.54, 1.807) is 18.1 Å². The van der Waals surface area contributed by atoms with Crippen molar-refractivity contribution < 1.29 is 22.5 Å². The molecule has 3 heterocycles. The molecule has 1 aliphatic rings. The largest absolute Gasteiger partial charge is 0.497 e. The highest BCUT2D eigenvalue weighted by Gasteiger charge is 2.36. The molecule has 1 amide bonds. The van der Waals surface area contributed by atoms with Crippen molar-refractivity contribution in [2.75, 3.05) is 18.6 Å². The van der Waals surface area contributed by atoms with E-state index in [0.29, 0.717) is 17.9 Å². The normalized spacial score (nSPS) is 17.9. The third-order valence-electron chi connectivity index (χ3n) is 4.92. The predicted octanol–water partition coefficient (Wildman–Crippen LogP) is 3.24. The first kappa shape index (κ1) is 19.7. The van der Waals surface area contributed by atoms with E-state index in [0.717, 1.165) is 10.4 Å². The second kappa shape index (κ2) is 8.00. The standard InChI is InChI=1S/C20H20N2O5S2/c1-26-16-6-4-14(5-7-16)12-22(15-8-10-29(24,25)13-15)20(23)17-11-18(27-21-17)19-3-2-9-28-19/h2-7,9,11,15H,8,10,12-13H2,1H3. The van der Waals surface area contributed by atoms with Crippen LogP contribution in [0.1, 0.15) is 22.5 Å². The van der Waals surface area contributed by atoms with Gasteiger partial charge in [0.15, 0.2) is 21.3 Å². The number of ether oxygens (including phenoxy) is 1. The number of aromatic nitrogens is 1. The Morgan fingerprint density at radius 3 is 2.72 bits per heavy atom. The maximum atomic E-state index is 13.2. The second-order valence-corrected chi connectivity index (χ2v) is 10.1. The fourth-order valence-corrected chi connectivity index (χ4v) is 5.78. The Morgan fingerprint density at radius 1 is 1.31 bits per heavy atom. The van der Waals surface area contributed by atoms with Crippen molar-refractivity contribution in [1.29, 1.82) is 0 Å². The van der Waals surface area contributed by atoms with E-state index in [1.807, 2.05) is 41.8 Å². The number of rotatable bonds is 6. The Morgan fingerprint density at radius 2 is 2.10 bits per heavy atom. The highest BCUT2D eigenvalue weighted by molar-refractivity contribution is 7.91. The number of benzene rings is 1. The summed E-state index contributed by atoms with van der Waals surface area (Å²) in [4.78, 5) is 15.7. The van der Waals surface area contributed by atoms with Gasteiger partial charge in [-0.2, -0.15) is 0 Å². The average Bonchev–Trinajstić information content (AvgIpc) is 3.46. The molecule has 0 spiro atoms. The van der Waals surface area contributed by atoms with Gasteiger partial charge in [-0.15, -0.1) is 11.3 Å². The number of nitrogens with zero attached hydrogens (tertiary/aromatic N) is 2. The van der Waals surface area contributed by atoms with Crippen LogP contribution >= 0.6 is 11.3 Å². The summed E-state index contributed by atoms with van der Waals surface area (Å²) >= 11 is 1.49. The maximum absolute atomic E-state index is 13.2. The minimum Gasteiger partial charge on any atom is -0.497 e. The zero-order chi connectivity index (χ0) is 20.4. The average molecular weight is 433 g/mol. The summed E-state index contributed by atoms with van der Waals surface area (Å²) in [5, 5.41) is 5.86. The zero-order valence-electron chi connectivity index (χ0n) is 15.8. The molecule has 0 N–H and O–H groups in total. The Balaban J connectivity index is 1.61. The quantitative estimate of drug-likeness (QED) is 0.594. The van der Waals surface area contributed by atoms with Crippen molar-refractivity contribution in [3.8, 4) is 16.4 Å². The molecule has 0 radical (unpaired) electrons. The molecule has 9 heteroatoms. The molecule has 1 atom stereocenters. The molecule has 152 valence electrons. The van der Waals surface area contributed by atoms with Crippen molar-refractivity contribution in [3.05, 3.63) is 59.1 Å². The molecule has 7 nitrogen and oxygen atoms in total. The summed E-state index contributed by atoms with van der Waals surface area (Å²) in [6, 6.07) is 12.4. The van der Waals surface area contributed by atoms with Crippen LogP contribution in [0.4, 0.5) is 0 Å². The number of carbonyl (C=O) groups excluding carboxylic acids is 1. The van der Waals surface area contributed by atoms with Crippen molar-refractivity contribution in [3.63, 3.8) is 0 Å². The predicted molar refractivity (Wildman–Crippen MR) is 110 cm³/mol. The molecule has 2 aromatic heterocycles. The van der Waals surface area contributed by atoms with Crippen LogP contribution in [0.25, 0.3) is 10.6 Å². The lowest BCUT2D eigenvalue weighted by molar-refractivity contribution is 0.0670. The molecule has 1 saturated heterocycles. The van der Waals surface area contributed by atoms with Crippen LogP contribution in [-0.4, -0.2) is 49.0 Å². The van der Waals surface area contributed by atoms with E-state index in [2.05, 4.69) is 5.16 Å². The SMILES string of the molecule is COc1ccc(CN(C(=O)c2cc(-c3cccs3)on2)C2CCS(=O)(=O)C2)cc1. The first-order valence-corrected chi connectivity index (χ1v) is 11.8. The molecule has 4 rings (SSSR count). The van der Waals surface area contributed by atoms with Gasteiger partial charge in [0, 0.05) is 18.7 Å². The molecule has 0 saturated carbocycles. The molecule has 29 heavy (non-hydrogen) atoms. The van der Waals surface area contributed by atoms with Gasteiger partial charge >= 0.3 is 0 Å². The van der Waals surface area contributed by atoms with Crippen molar-refractivity contribution in [1.82, 2.24) is 10.1 Å². The number of carbonyl (C=O) groups is 1. The minimum absolute atomic E-state index is 0.0372. The molecular formula is C20H20N2O5S2. The van der Waals surface area contributed by atoms with Crippen LogP contribution in [0.5, 0.6) is 5.75 Å². The smallest absolute Gasteiger partial charge is 0.276 e. The van der Waals surface area contributed by atoms with Gasteiger partial charge in [-0.25, -0.2) is 8.42 Å². The van der Waals surface area contributed by atoms with Gasteiger partial charge in [-0.1, -0.05) is 23.4 Å². The topological polar surface area (TPSA) is 89.7 Å². The van der Waals surface area contributed by atoms with Crippen LogP contribution < -0.4 is 4.74 Å². The molecule has 3 aromatic rings. The van der Waals surface area contributed by atoms with Crippen molar-refractivity contribution in [2.24, 2.45) is 0 Å². The van der Waals surface area contributed by atoms with Crippen LogP contribution in [-0.2, 0) is 16.4 Å². The Bertz CT molecular complexity index is 1090. The number of hydrogen-bond donors (Lipinski definition) is 0. The van der Waals surface area contributed by atoms with Gasteiger partial charge in [0.05, 0.1) is 23.5 Å². The number of methoxy groups -OCH3 is 1. The lowest BCUT2D eigenvalue weighted by Gasteiger charge is -2.27. The Labute approximate surface area is 172 Å². The van der Waals surface area contributed by atoms with E-state index < -0.39 is 15.9 Å². The maximum Gasteiger partial charge on any atom is 0.276 e. The molecule has 0 aliphatic carbocycles. The summed E-state index contributed by atoms with van der Waals surface area (Å²) in [5.41, 5.74) is 1.05. The molecule has 1 aromatic carbocycles. The first-order chi connectivity index (χ1) is 13.9. The van der Waals surface area contributed by atoms with Crippen LogP contribution in [0.15, 0.2) is 52.4 Å². The van der Waals surface area contributed by atoms with Crippen molar-refractivity contribution in [2.45, 2.75) is 19.0 Å². The zero-order valence-corrected chi connectivity index (χ0v) is 17.4. The lowest BCUT2D eigenvalue weighted by atomic mass is 10.1. The monoisotopic (exact) mass is 432 g/mol. The van der Waals surface area contributed by atoms with Gasteiger partial charge in [0.2, 0.25) is 0 Å². The number of hydrogen-bond acceptors (Lipinski definition) is 7. The minimum atomic E-state index is -3.15. The fraction of sp³-hybridized carbons (Fsp3) is 0.300.